The van der Waals surface area contributed by atoms with Gasteiger partial charge in [-0.15, -0.1) is 0 Å². The molecule has 0 aliphatic rings. The van der Waals surface area contributed by atoms with E-state index in [1.807, 2.05) is 0 Å². The van der Waals surface area contributed by atoms with Crippen molar-refractivity contribution in [3.63, 3.8) is 0 Å². The summed E-state index contributed by atoms with van der Waals surface area (Å²) in [7, 11) is 0. The van der Waals surface area contributed by atoms with Crippen LogP contribution in [0, 0.1) is 4.77 Å². The van der Waals surface area contributed by atoms with E-state index in [-0.39, 0.29) is 10.6 Å². The summed E-state index contributed by atoms with van der Waals surface area (Å²) in [5.74, 6) is 0.212. The molecule has 0 saturated carbocycles. The summed E-state index contributed by atoms with van der Waals surface area (Å²) in [6.07, 6.45) is -4.31. The van der Waals surface area contributed by atoms with Gasteiger partial charge in [0.2, 0.25) is 0 Å². The van der Waals surface area contributed by atoms with Crippen molar-refractivity contribution in [1.82, 2.24) is 14.8 Å². The van der Waals surface area contributed by atoms with Crippen molar-refractivity contribution in [2.75, 3.05) is 0 Å². The molecule has 2 rings (SSSR count). The molecule has 0 fully saturated rings. The molecule has 2 aromatic heterocycles. The highest BCUT2D eigenvalue weighted by atomic mass is 32.1. The van der Waals surface area contributed by atoms with Gasteiger partial charge in [-0.2, -0.15) is 29.6 Å². The number of aromatic nitrogens is 3. The molecule has 0 radical (unpaired) electrons. The van der Waals surface area contributed by atoms with Crippen molar-refractivity contribution >= 4 is 23.6 Å². The first-order valence-corrected chi connectivity index (χ1v) is 5.57. The first-order chi connectivity index (χ1) is 7.47. The van der Waals surface area contributed by atoms with Crippen molar-refractivity contribution in [1.29, 1.82) is 0 Å². The third kappa shape index (κ3) is 2.33. The first-order valence-electron chi connectivity index (χ1n) is 4.22. The van der Waals surface area contributed by atoms with Gasteiger partial charge in [-0.25, -0.2) is 0 Å². The number of alkyl halides is 3. The smallest absolute Gasteiger partial charge is 0.291 e. The van der Waals surface area contributed by atoms with Crippen molar-refractivity contribution in [2.45, 2.75) is 12.7 Å². The number of rotatable bonds is 2. The molecule has 8 heteroatoms. The number of aromatic amines is 1. The van der Waals surface area contributed by atoms with Gasteiger partial charge < -0.3 is 0 Å². The van der Waals surface area contributed by atoms with Crippen molar-refractivity contribution in [2.24, 2.45) is 0 Å². The maximum absolute atomic E-state index is 12.3. The summed E-state index contributed by atoms with van der Waals surface area (Å²) in [5, 5.41) is 9.65. The average Bonchev–Trinajstić information content (AvgIpc) is 2.75. The van der Waals surface area contributed by atoms with Gasteiger partial charge >= 0.3 is 6.18 Å². The van der Waals surface area contributed by atoms with Crippen LogP contribution in [0.2, 0.25) is 0 Å². The third-order valence-corrected chi connectivity index (χ3v) is 2.87. The lowest BCUT2D eigenvalue weighted by molar-refractivity contribution is -0.140. The van der Waals surface area contributed by atoms with E-state index < -0.39 is 12.7 Å². The Hall–Kier alpha value is -1.15. The predicted octanol–water partition coefficient (Wildman–Crippen LogP) is 3.23. The van der Waals surface area contributed by atoms with E-state index in [1.165, 1.54) is 11.3 Å². The number of hydrogen-bond donors (Lipinski definition) is 1. The molecule has 0 saturated heterocycles. The Bertz CT molecular complexity index is 523. The van der Waals surface area contributed by atoms with E-state index >= 15 is 0 Å². The standard InChI is InChI=1S/C8H6F3N3S2/c9-8(10,11)4-14-6(12-13-7(14)15)5-1-2-16-3-5/h1-3H,4H2,(H,13,15). The highest BCUT2D eigenvalue weighted by molar-refractivity contribution is 7.71. The summed E-state index contributed by atoms with van der Waals surface area (Å²) in [6, 6.07) is 1.70. The van der Waals surface area contributed by atoms with Gasteiger partial charge in [-0.3, -0.25) is 9.67 Å². The fraction of sp³-hybridized carbons (Fsp3) is 0.250. The summed E-state index contributed by atoms with van der Waals surface area (Å²) < 4.78 is 37.9. The zero-order valence-corrected chi connectivity index (χ0v) is 9.42. The Balaban J connectivity index is 2.45. The summed E-state index contributed by atoms with van der Waals surface area (Å²) in [6.45, 7) is -1.13. The largest absolute Gasteiger partial charge is 0.406 e. The molecule has 0 amide bonds. The number of nitrogens with one attached hydrogen (secondary N) is 1. The molecule has 16 heavy (non-hydrogen) atoms. The van der Waals surface area contributed by atoms with Crippen LogP contribution in [0.1, 0.15) is 0 Å². The van der Waals surface area contributed by atoms with Crippen LogP contribution >= 0.6 is 23.6 Å². The number of hydrogen-bond acceptors (Lipinski definition) is 3. The van der Waals surface area contributed by atoms with Gasteiger partial charge in [-0.1, -0.05) is 0 Å². The Kier molecular flexibility index (Phi) is 2.85. The third-order valence-electron chi connectivity index (χ3n) is 1.88. The molecule has 0 spiro atoms. The molecular weight excluding hydrogens is 259 g/mol. The van der Waals surface area contributed by atoms with Crippen molar-refractivity contribution in [3.8, 4) is 11.4 Å². The second kappa shape index (κ2) is 4.02. The van der Waals surface area contributed by atoms with Crippen LogP contribution < -0.4 is 0 Å². The summed E-state index contributed by atoms with van der Waals surface area (Å²) >= 11 is 6.15. The van der Waals surface area contributed by atoms with Crippen LogP contribution in [0.5, 0.6) is 0 Å². The maximum atomic E-state index is 12.3. The highest BCUT2D eigenvalue weighted by Crippen LogP contribution is 2.24. The van der Waals surface area contributed by atoms with E-state index in [2.05, 4.69) is 10.2 Å². The van der Waals surface area contributed by atoms with Gasteiger partial charge in [0.05, 0.1) is 0 Å². The van der Waals surface area contributed by atoms with Gasteiger partial charge in [0, 0.05) is 10.9 Å². The van der Waals surface area contributed by atoms with Crippen LogP contribution in [0.15, 0.2) is 16.8 Å². The van der Waals surface area contributed by atoms with E-state index in [4.69, 9.17) is 12.2 Å². The quantitative estimate of drug-likeness (QED) is 0.846. The van der Waals surface area contributed by atoms with Crippen LogP contribution in [0.25, 0.3) is 11.4 Å². The summed E-state index contributed by atoms with van der Waals surface area (Å²) in [5.41, 5.74) is 0.626. The maximum Gasteiger partial charge on any atom is 0.406 e. The zero-order chi connectivity index (χ0) is 11.8. The van der Waals surface area contributed by atoms with Crippen LogP contribution in [-0.2, 0) is 6.54 Å². The molecule has 0 atom stereocenters. The molecule has 3 nitrogen and oxygen atoms in total. The zero-order valence-electron chi connectivity index (χ0n) is 7.78. The normalized spacial score (nSPS) is 11.9. The topological polar surface area (TPSA) is 33.6 Å². The second-order valence-electron chi connectivity index (χ2n) is 3.07. The van der Waals surface area contributed by atoms with Crippen molar-refractivity contribution < 1.29 is 13.2 Å². The number of nitrogens with zero attached hydrogens (tertiary/aromatic N) is 2. The molecular formula is C8H6F3N3S2. The minimum Gasteiger partial charge on any atom is -0.291 e. The predicted molar refractivity (Wildman–Crippen MR) is 56.8 cm³/mol. The fourth-order valence-corrected chi connectivity index (χ4v) is 2.09. The van der Waals surface area contributed by atoms with E-state index in [1.54, 1.807) is 16.8 Å². The average molecular weight is 265 g/mol. The van der Waals surface area contributed by atoms with Gasteiger partial charge in [-0.05, 0) is 23.7 Å². The van der Waals surface area contributed by atoms with Crippen molar-refractivity contribution in [3.05, 3.63) is 21.6 Å². The molecule has 2 aromatic rings. The fourth-order valence-electron chi connectivity index (χ4n) is 1.26. The van der Waals surface area contributed by atoms with E-state index in [0.29, 0.717) is 5.56 Å². The van der Waals surface area contributed by atoms with Gasteiger partial charge in [0.15, 0.2) is 10.6 Å². The lowest BCUT2D eigenvalue weighted by Crippen LogP contribution is -2.18. The van der Waals surface area contributed by atoms with E-state index in [0.717, 1.165) is 4.57 Å². The van der Waals surface area contributed by atoms with Gasteiger partial charge in [0.1, 0.15) is 6.54 Å². The lowest BCUT2D eigenvalue weighted by Gasteiger charge is -2.08. The minimum absolute atomic E-state index is 0.0291. The number of thiophene rings is 1. The van der Waals surface area contributed by atoms with E-state index in [9.17, 15) is 13.2 Å². The molecule has 0 aliphatic heterocycles. The molecule has 2 heterocycles. The first kappa shape index (κ1) is 11.3. The molecule has 86 valence electrons. The number of halogens is 3. The minimum atomic E-state index is -4.31. The summed E-state index contributed by atoms with van der Waals surface area (Å²) in [4.78, 5) is 0. The van der Waals surface area contributed by atoms with Crippen LogP contribution in [0.3, 0.4) is 0 Å². The SMILES string of the molecule is FC(F)(F)Cn1c(-c2ccsc2)n[nH]c1=S. The Morgan fingerprint density at radius 3 is 2.81 bits per heavy atom. The van der Waals surface area contributed by atoms with Crippen LogP contribution in [0.4, 0.5) is 13.2 Å². The number of H-pyrrole nitrogens is 1. The molecule has 0 bridgehead atoms. The Labute approximate surface area is 97.5 Å². The molecule has 1 N–H and O–H groups in total. The highest BCUT2D eigenvalue weighted by Gasteiger charge is 2.30. The molecule has 0 aliphatic carbocycles. The van der Waals surface area contributed by atoms with Gasteiger partial charge in [0.25, 0.3) is 0 Å². The monoisotopic (exact) mass is 265 g/mol. The lowest BCUT2D eigenvalue weighted by atomic mass is 10.3. The Morgan fingerprint density at radius 1 is 1.50 bits per heavy atom. The Morgan fingerprint density at radius 2 is 2.25 bits per heavy atom. The molecule has 0 aromatic carbocycles. The van der Waals surface area contributed by atoms with Crippen LogP contribution in [-0.4, -0.2) is 20.9 Å². The second-order valence-corrected chi connectivity index (χ2v) is 4.23. The molecule has 0 unspecified atom stereocenters.